The minimum absolute atomic E-state index is 0.0791. The zero-order chi connectivity index (χ0) is 21.7. The number of anilines is 1. The number of hydrogen-bond acceptors (Lipinski definition) is 3. The molecule has 1 fully saturated rings. The first-order valence-corrected chi connectivity index (χ1v) is 11.0. The van der Waals surface area contributed by atoms with Gasteiger partial charge in [-0.2, -0.15) is 0 Å². The first-order valence-electron chi connectivity index (χ1n) is 11.0. The van der Waals surface area contributed by atoms with Crippen LogP contribution >= 0.6 is 0 Å². The minimum Gasteiger partial charge on any atom is -0.324 e. The Kier molecular flexibility index (Phi) is 6.91. The zero-order valence-electron chi connectivity index (χ0n) is 18.6. The van der Waals surface area contributed by atoms with Crippen LogP contribution in [0.3, 0.4) is 0 Å². The number of hydrogen-bond donors (Lipinski definition) is 1. The van der Waals surface area contributed by atoms with E-state index in [1.165, 1.54) is 0 Å². The maximum absolute atomic E-state index is 13.8. The van der Waals surface area contributed by atoms with Gasteiger partial charge in [0.2, 0.25) is 5.91 Å². The number of pyridine rings is 1. The molecule has 1 aromatic carbocycles. The van der Waals surface area contributed by atoms with Crippen LogP contribution in [0.25, 0.3) is 0 Å². The molecule has 0 spiro atoms. The lowest BCUT2D eigenvalue weighted by molar-refractivity contribution is -0.129. The Hall–Kier alpha value is -2.69. The molecule has 0 unspecified atom stereocenters. The number of aromatic nitrogens is 1. The molecule has 0 radical (unpaired) electrons. The van der Waals surface area contributed by atoms with Crippen LogP contribution < -0.4 is 5.32 Å². The third-order valence-electron chi connectivity index (χ3n) is 6.02. The predicted molar refractivity (Wildman–Crippen MR) is 120 cm³/mol. The topological polar surface area (TPSA) is 62.3 Å². The van der Waals surface area contributed by atoms with Crippen LogP contribution in [0.2, 0.25) is 0 Å². The van der Waals surface area contributed by atoms with Crippen molar-refractivity contribution in [2.45, 2.75) is 65.3 Å². The molecule has 1 saturated carbocycles. The summed E-state index contributed by atoms with van der Waals surface area (Å²) in [4.78, 5) is 33.5. The number of benzene rings is 1. The van der Waals surface area contributed by atoms with Gasteiger partial charge in [-0.25, -0.2) is 0 Å². The number of aryl methyl sites for hydroxylation is 2. The van der Waals surface area contributed by atoms with Crippen molar-refractivity contribution >= 4 is 17.5 Å². The highest BCUT2D eigenvalue weighted by Crippen LogP contribution is 2.37. The van der Waals surface area contributed by atoms with Crippen LogP contribution in [0.4, 0.5) is 5.69 Å². The Labute approximate surface area is 179 Å². The first kappa shape index (κ1) is 22.0. The second-order valence-electron chi connectivity index (χ2n) is 8.84. The Morgan fingerprint density at radius 1 is 1.03 bits per heavy atom. The summed E-state index contributed by atoms with van der Waals surface area (Å²) in [5, 5.41) is 3.20. The third kappa shape index (κ3) is 4.55. The number of carbonyl (C=O) groups excluding carboxylic acids is 2. The van der Waals surface area contributed by atoms with Crippen LogP contribution in [0.1, 0.15) is 67.6 Å². The van der Waals surface area contributed by atoms with Gasteiger partial charge in [0.15, 0.2) is 0 Å². The molecule has 2 aromatic rings. The van der Waals surface area contributed by atoms with Gasteiger partial charge in [0.05, 0.1) is 0 Å². The summed E-state index contributed by atoms with van der Waals surface area (Å²) in [6.07, 6.45) is 5.94. The first-order chi connectivity index (χ1) is 14.3. The fourth-order valence-electron chi connectivity index (χ4n) is 4.44. The summed E-state index contributed by atoms with van der Waals surface area (Å²) < 4.78 is 0. The van der Waals surface area contributed by atoms with Crippen LogP contribution in [0, 0.1) is 19.8 Å². The van der Waals surface area contributed by atoms with E-state index in [0.29, 0.717) is 25.1 Å². The van der Waals surface area contributed by atoms with Crippen molar-refractivity contribution < 1.29 is 9.59 Å². The Morgan fingerprint density at radius 3 is 2.27 bits per heavy atom. The van der Waals surface area contributed by atoms with Gasteiger partial charge in [-0.15, -0.1) is 0 Å². The zero-order valence-corrected chi connectivity index (χ0v) is 18.6. The largest absolute Gasteiger partial charge is 0.324 e. The molecule has 1 N–H and O–H groups in total. The molecule has 1 aliphatic rings. The quantitative estimate of drug-likeness (QED) is 0.721. The van der Waals surface area contributed by atoms with Crippen molar-refractivity contribution in [3.8, 4) is 0 Å². The van der Waals surface area contributed by atoms with E-state index in [4.69, 9.17) is 0 Å². The summed E-state index contributed by atoms with van der Waals surface area (Å²) >= 11 is 0. The van der Waals surface area contributed by atoms with E-state index >= 15 is 0 Å². The summed E-state index contributed by atoms with van der Waals surface area (Å²) in [5.74, 6) is -0.00292. The van der Waals surface area contributed by atoms with Gasteiger partial charge in [0.1, 0.15) is 11.2 Å². The van der Waals surface area contributed by atoms with Gasteiger partial charge in [-0.1, -0.05) is 57.4 Å². The number of nitrogens with zero attached hydrogens (tertiary/aromatic N) is 2. The predicted octanol–water partition coefficient (Wildman–Crippen LogP) is 5.14. The van der Waals surface area contributed by atoms with Gasteiger partial charge < -0.3 is 10.2 Å². The Balaban J connectivity index is 2.02. The maximum atomic E-state index is 13.8. The van der Waals surface area contributed by atoms with E-state index in [0.717, 1.165) is 36.1 Å². The standard InChI is InChI=1S/C25H33N3O2/c1-18(2)17-28(23(29)21-13-6-9-16-26-21)25(14-7-5-8-15-25)24(30)27-22-19(3)11-10-12-20(22)4/h6,9-13,16,18H,5,7-8,14-15,17H2,1-4H3,(H,27,30). The minimum atomic E-state index is -0.855. The molecule has 2 amide bonds. The molecule has 0 aliphatic heterocycles. The van der Waals surface area contributed by atoms with Gasteiger partial charge >= 0.3 is 0 Å². The fourth-order valence-corrected chi connectivity index (χ4v) is 4.44. The van der Waals surface area contributed by atoms with E-state index < -0.39 is 5.54 Å². The van der Waals surface area contributed by atoms with Crippen molar-refractivity contribution in [1.82, 2.24) is 9.88 Å². The van der Waals surface area contributed by atoms with Crippen LogP contribution in [-0.2, 0) is 4.79 Å². The van der Waals surface area contributed by atoms with Crippen LogP contribution in [-0.4, -0.2) is 33.8 Å². The number of amides is 2. The molecule has 160 valence electrons. The molecule has 1 heterocycles. The Morgan fingerprint density at radius 2 is 1.70 bits per heavy atom. The van der Waals surface area contributed by atoms with Gasteiger partial charge in [-0.05, 0) is 55.9 Å². The van der Waals surface area contributed by atoms with E-state index in [-0.39, 0.29) is 17.7 Å². The monoisotopic (exact) mass is 407 g/mol. The number of para-hydroxylation sites is 1. The maximum Gasteiger partial charge on any atom is 0.273 e. The molecule has 0 atom stereocenters. The van der Waals surface area contributed by atoms with Crippen molar-refractivity contribution in [2.75, 3.05) is 11.9 Å². The lowest BCUT2D eigenvalue weighted by Crippen LogP contribution is -2.61. The van der Waals surface area contributed by atoms with Gasteiger partial charge in [-0.3, -0.25) is 14.6 Å². The molecule has 0 bridgehead atoms. The third-order valence-corrected chi connectivity index (χ3v) is 6.02. The normalized spacial score (nSPS) is 15.6. The lowest BCUT2D eigenvalue weighted by Gasteiger charge is -2.45. The fraction of sp³-hybridized carbons (Fsp3) is 0.480. The van der Waals surface area contributed by atoms with E-state index in [1.54, 1.807) is 18.3 Å². The van der Waals surface area contributed by atoms with Gasteiger partial charge in [0, 0.05) is 18.4 Å². The average Bonchev–Trinajstić information content (AvgIpc) is 2.75. The molecule has 5 heteroatoms. The van der Waals surface area contributed by atoms with Crippen molar-refractivity contribution in [3.63, 3.8) is 0 Å². The second kappa shape index (κ2) is 9.41. The van der Waals surface area contributed by atoms with E-state index in [1.807, 2.05) is 43.0 Å². The summed E-state index contributed by atoms with van der Waals surface area (Å²) in [6, 6.07) is 11.3. The van der Waals surface area contributed by atoms with Crippen molar-refractivity contribution in [2.24, 2.45) is 5.92 Å². The molecule has 1 aliphatic carbocycles. The molecule has 3 rings (SSSR count). The lowest BCUT2D eigenvalue weighted by atomic mass is 9.78. The van der Waals surface area contributed by atoms with E-state index in [2.05, 4.69) is 24.1 Å². The average molecular weight is 408 g/mol. The van der Waals surface area contributed by atoms with Crippen LogP contribution in [0.5, 0.6) is 0 Å². The van der Waals surface area contributed by atoms with Crippen LogP contribution in [0.15, 0.2) is 42.6 Å². The molecular weight excluding hydrogens is 374 g/mol. The highest BCUT2D eigenvalue weighted by atomic mass is 16.2. The van der Waals surface area contributed by atoms with Crippen molar-refractivity contribution in [3.05, 3.63) is 59.4 Å². The summed E-state index contributed by atoms with van der Waals surface area (Å²) in [5.41, 5.74) is 2.44. The number of rotatable bonds is 6. The van der Waals surface area contributed by atoms with Crippen molar-refractivity contribution in [1.29, 1.82) is 0 Å². The molecule has 5 nitrogen and oxygen atoms in total. The summed E-state index contributed by atoms with van der Waals surface area (Å²) in [6.45, 7) is 8.69. The number of nitrogens with one attached hydrogen (secondary N) is 1. The molecule has 0 saturated heterocycles. The molecule has 30 heavy (non-hydrogen) atoms. The number of carbonyl (C=O) groups is 2. The Bertz CT molecular complexity index is 866. The summed E-state index contributed by atoms with van der Waals surface area (Å²) in [7, 11) is 0. The molecule has 1 aromatic heterocycles. The highest BCUT2D eigenvalue weighted by molar-refractivity contribution is 6.04. The van der Waals surface area contributed by atoms with Gasteiger partial charge in [0.25, 0.3) is 5.91 Å². The smallest absolute Gasteiger partial charge is 0.273 e. The highest BCUT2D eigenvalue weighted by Gasteiger charge is 2.47. The van der Waals surface area contributed by atoms with E-state index in [9.17, 15) is 9.59 Å². The molecular formula is C25H33N3O2. The SMILES string of the molecule is Cc1cccc(C)c1NC(=O)C1(N(CC(C)C)C(=O)c2ccccn2)CCCCC1. The second-order valence-corrected chi connectivity index (χ2v) is 8.84.